The van der Waals surface area contributed by atoms with E-state index in [1.165, 1.54) is 17.8 Å². The van der Waals surface area contributed by atoms with Crippen LogP contribution in [-0.2, 0) is 4.79 Å². The van der Waals surface area contributed by atoms with Crippen molar-refractivity contribution in [2.75, 3.05) is 6.54 Å². The molecule has 0 saturated carbocycles. The Bertz CT molecular complexity index is 430. The number of carboxylic acid groups (broad SMARTS) is 1. The number of amides is 1. The summed E-state index contributed by atoms with van der Waals surface area (Å²) in [5, 5.41) is 11.7. The molecule has 0 fully saturated rings. The van der Waals surface area contributed by atoms with Crippen molar-refractivity contribution in [1.29, 1.82) is 0 Å². The van der Waals surface area contributed by atoms with Gasteiger partial charge >= 0.3 is 5.97 Å². The summed E-state index contributed by atoms with van der Waals surface area (Å²) < 4.78 is 5.09. The number of unbranched alkanes of at least 4 members (excludes halogenated alkanes) is 2. The molecule has 1 amide bonds. The first-order valence-electron chi connectivity index (χ1n) is 6.32. The van der Waals surface area contributed by atoms with Crippen LogP contribution in [0.1, 0.15) is 43.7 Å². The maximum atomic E-state index is 11.8. The molecule has 0 saturated heterocycles. The van der Waals surface area contributed by atoms with Gasteiger partial charge in [-0.25, -0.2) is 4.79 Å². The van der Waals surface area contributed by atoms with Crippen molar-refractivity contribution in [1.82, 2.24) is 5.32 Å². The van der Waals surface area contributed by atoms with E-state index >= 15 is 0 Å². The van der Waals surface area contributed by atoms with E-state index in [-0.39, 0.29) is 16.9 Å². The molecular weight excluding hydrogens is 266 g/mol. The van der Waals surface area contributed by atoms with Crippen molar-refractivity contribution in [2.24, 2.45) is 0 Å². The van der Waals surface area contributed by atoms with E-state index in [1.807, 2.05) is 0 Å². The molecule has 5 nitrogen and oxygen atoms in total. The minimum Gasteiger partial charge on any atom is -0.475 e. The molecule has 1 heterocycles. The minimum atomic E-state index is -1.11. The smallest absolute Gasteiger partial charge is 0.371 e. The largest absolute Gasteiger partial charge is 0.475 e. The van der Waals surface area contributed by atoms with Gasteiger partial charge in [-0.05, 0) is 25.5 Å². The Hall–Kier alpha value is -1.43. The number of furan rings is 1. The fourth-order valence-corrected chi connectivity index (χ4v) is 2.28. The molecule has 0 aromatic carbocycles. The molecule has 19 heavy (non-hydrogen) atoms. The van der Waals surface area contributed by atoms with E-state index in [4.69, 9.17) is 9.52 Å². The Morgan fingerprint density at radius 3 is 2.74 bits per heavy atom. The third-order valence-electron chi connectivity index (χ3n) is 2.53. The number of carbonyl (C=O) groups is 2. The van der Waals surface area contributed by atoms with Crippen LogP contribution in [0.2, 0.25) is 0 Å². The van der Waals surface area contributed by atoms with Crippen LogP contribution in [0, 0.1) is 0 Å². The topological polar surface area (TPSA) is 79.5 Å². The molecule has 0 spiro atoms. The summed E-state index contributed by atoms with van der Waals surface area (Å²) in [4.78, 5) is 22.4. The number of hydrogen-bond donors (Lipinski definition) is 2. The average molecular weight is 285 g/mol. The third-order valence-corrected chi connectivity index (χ3v) is 3.55. The predicted octanol–water partition coefficient (Wildman–Crippen LogP) is 2.76. The van der Waals surface area contributed by atoms with Crippen molar-refractivity contribution in [3.63, 3.8) is 0 Å². The standard InChI is InChI=1S/C13H19NO4S/c1-3-4-5-8-14-12(15)9(2)19-11-7-6-10(18-11)13(16)17/h6-7,9H,3-5,8H2,1-2H3,(H,14,15)(H,16,17). The van der Waals surface area contributed by atoms with Gasteiger partial charge in [0.05, 0.1) is 5.25 Å². The fourth-order valence-electron chi connectivity index (χ4n) is 1.46. The van der Waals surface area contributed by atoms with Crippen molar-refractivity contribution in [3.05, 3.63) is 17.9 Å². The van der Waals surface area contributed by atoms with Crippen LogP contribution in [0.5, 0.6) is 0 Å². The second kappa shape index (κ2) is 7.89. The summed E-state index contributed by atoms with van der Waals surface area (Å²) in [6, 6.07) is 2.95. The summed E-state index contributed by atoms with van der Waals surface area (Å²) >= 11 is 1.21. The predicted molar refractivity (Wildman–Crippen MR) is 73.5 cm³/mol. The Balaban J connectivity index is 2.38. The summed E-state index contributed by atoms with van der Waals surface area (Å²) in [5.41, 5.74) is 0. The Kier molecular flexibility index (Phi) is 6.49. The number of thioether (sulfide) groups is 1. The van der Waals surface area contributed by atoms with Gasteiger partial charge in [0, 0.05) is 6.54 Å². The lowest BCUT2D eigenvalue weighted by atomic mass is 10.2. The highest BCUT2D eigenvalue weighted by molar-refractivity contribution is 8.00. The second-order valence-electron chi connectivity index (χ2n) is 4.18. The van der Waals surface area contributed by atoms with Crippen LogP contribution in [0.25, 0.3) is 0 Å². The maximum Gasteiger partial charge on any atom is 0.371 e. The van der Waals surface area contributed by atoms with Crippen LogP contribution in [0.4, 0.5) is 0 Å². The van der Waals surface area contributed by atoms with Crippen molar-refractivity contribution < 1.29 is 19.1 Å². The van der Waals surface area contributed by atoms with Gasteiger partial charge in [0.2, 0.25) is 11.7 Å². The molecule has 1 aromatic rings. The number of rotatable bonds is 8. The number of hydrogen-bond acceptors (Lipinski definition) is 4. The Morgan fingerprint density at radius 2 is 2.16 bits per heavy atom. The average Bonchev–Trinajstić information content (AvgIpc) is 2.83. The molecule has 2 N–H and O–H groups in total. The molecule has 1 unspecified atom stereocenters. The van der Waals surface area contributed by atoms with Gasteiger partial charge in [0.25, 0.3) is 0 Å². The Morgan fingerprint density at radius 1 is 1.42 bits per heavy atom. The summed E-state index contributed by atoms with van der Waals surface area (Å²) in [5.74, 6) is -1.28. The zero-order valence-electron chi connectivity index (χ0n) is 11.1. The molecule has 1 rings (SSSR count). The Labute approximate surface area is 116 Å². The van der Waals surface area contributed by atoms with E-state index in [0.717, 1.165) is 19.3 Å². The van der Waals surface area contributed by atoms with Gasteiger partial charge in [-0.2, -0.15) is 0 Å². The summed E-state index contributed by atoms with van der Waals surface area (Å²) in [7, 11) is 0. The molecule has 0 radical (unpaired) electrons. The van der Waals surface area contributed by atoms with E-state index in [2.05, 4.69) is 12.2 Å². The van der Waals surface area contributed by atoms with Gasteiger partial charge in [0.1, 0.15) is 0 Å². The van der Waals surface area contributed by atoms with Crippen LogP contribution < -0.4 is 5.32 Å². The highest BCUT2D eigenvalue weighted by atomic mass is 32.2. The number of nitrogens with one attached hydrogen (secondary N) is 1. The zero-order chi connectivity index (χ0) is 14.3. The summed E-state index contributed by atoms with van der Waals surface area (Å²) in [6.45, 7) is 4.55. The molecular formula is C13H19NO4S. The maximum absolute atomic E-state index is 11.8. The number of carbonyl (C=O) groups excluding carboxylic acids is 1. The van der Waals surface area contributed by atoms with Gasteiger partial charge in [0.15, 0.2) is 5.09 Å². The molecule has 106 valence electrons. The highest BCUT2D eigenvalue weighted by Crippen LogP contribution is 2.25. The first-order valence-corrected chi connectivity index (χ1v) is 7.20. The SMILES string of the molecule is CCCCCNC(=O)C(C)Sc1ccc(C(=O)O)o1. The quantitative estimate of drug-likeness (QED) is 0.567. The lowest BCUT2D eigenvalue weighted by molar-refractivity contribution is -0.120. The van der Waals surface area contributed by atoms with Crippen LogP contribution in [0.3, 0.4) is 0 Å². The van der Waals surface area contributed by atoms with Crippen molar-refractivity contribution in [2.45, 2.75) is 43.5 Å². The van der Waals surface area contributed by atoms with E-state index in [9.17, 15) is 9.59 Å². The molecule has 1 atom stereocenters. The fraction of sp³-hybridized carbons (Fsp3) is 0.538. The van der Waals surface area contributed by atoms with Crippen LogP contribution in [-0.4, -0.2) is 28.8 Å². The molecule has 6 heteroatoms. The number of carboxylic acids is 1. The van der Waals surface area contributed by atoms with E-state index in [0.29, 0.717) is 11.6 Å². The third kappa shape index (κ3) is 5.38. The lowest BCUT2D eigenvalue weighted by Gasteiger charge is -2.10. The lowest BCUT2D eigenvalue weighted by Crippen LogP contribution is -2.31. The molecule has 0 bridgehead atoms. The first kappa shape index (κ1) is 15.6. The van der Waals surface area contributed by atoms with Crippen molar-refractivity contribution >= 4 is 23.6 Å². The van der Waals surface area contributed by atoms with E-state index in [1.54, 1.807) is 13.0 Å². The van der Waals surface area contributed by atoms with Gasteiger partial charge < -0.3 is 14.8 Å². The van der Waals surface area contributed by atoms with Crippen LogP contribution >= 0.6 is 11.8 Å². The minimum absolute atomic E-state index is 0.0608. The normalized spacial score (nSPS) is 12.1. The van der Waals surface area contributed by atoms with E-state index < -0.39 is 5.97 Å². The zero-order valence-corrected chi connectivity index (χ0v) is 12.0. The molecule has 0 aliphatic heterocycles. The highest BCUT2D eigenvalue weighted by Gasteiger charge is 2.17. The van der Waals surface area contributed by atoms with Gasteiger partial charge in [-0.3, -0.25) is 4.79 Å². The molecule has 1 aromatic heterocycles. The second-order valence-corrected chi connectivity index (χ2v) is 5.53. The van der Waals surface area contributed by atoms with Gasteiger partial charge in [-0.15, -0.1) is 0 Å². The number of aromatic carboxylic acids is 1. The first-order chi connectivity index (χ1) is 9.04. The van der Waals surface area contributed by atoms with Crippen molar-refractivity contribution in [3.8, 4) is 0 Å². The van der Waals surface area contributed by atoms with Gasteiger partial charge in [-0.1, -0.05) is 31.5 Å². The van der Waals surface area contributed by atoms with Crippen LogP contribution in [0.15, 0.2) is 21.6 Å². The molecule has 0 aliphatic rings. The molecule has 0 aliphatic carbocycles. The summed E-state index contributed by atoms with van der Waals surface area (Å²) in [6.07, 6.45) is 3.19. The monoisotopic (exact) mass is 285 g/mol.